The molecule has 8 N–H and O–H groups in total. The van der Waals surface area contributed by atoms with E-state index in [0.717, 1.165) is 12.1 Å². The van der Waals surface area contributed by atoms with E-state index in [0.29, 0.717) is 84.3 Å². The van der Waals surface area contributed by atoms with Gasteiger partial charge < -0.3 is 51.7 Å². The zero-order valence-electron chi connectivity index (χ0n) is 33.9. The van der Waals surface area contributed by atoms with E-state index < -0.39 is 36.0 Å². The lowest BCUT2D eigenvalue weighted by molar-refractivity contribution is -0.135. The van der Waals surface area contributed by atoms with Gasteiger partial charge in [0.25, 0.3) is 0 Å². The number of hydrogen-bond donors (Lipinski definition) is 6. The van der Waals surface area contributed by atoms with E-state index in [1.54, 1.807) is 32.4 Å². The maximum atomic E-state index is 13.4. The molecule has 55 heavy (non-hydrogen) atoms. The van der Waals surface area contributed by atoms with E-state index in [9.17, 15) is 24.0 Å². The van der Waals surface area contributed by atoms with Crippen LogP contribution >= 0.6 is 0 Å². The van der Waals surface area contributed by atoms with Crippen LogP contribution in [0.3, 0.4) is 0 Å². The zero-order valence-corrected chi connectivity index (χ0v) is 33.9. The lowest BCUT2D eigenvalue weighted by atomic mass is 9.96. The number of unbranched alkanes of at least 4 members (excludes halogenated alkanes) is 1. The fourth-order valence-electron chi connectivity index (χ4n) is 5.33. The average molecular weight is 784 g/mol. The van der Waals surface area contributed by atoms with E-state index in [-0.39, 0.29) is 56.1 Å². The molecule has 3 unspecified atom stereocenters. The Hall–Kier alpha value is -3.71. The van der Waals surface area contributed by atoms with Gasteiger partial charge in [-0.2, -0.15) is 0 Å². The van der Waals surface area contributed by atoms with Crippen molar-refractivity contribution >= 4 is 29.5 Å². The lowest BCUT2D eigenvalue weighted by Crippen LogP contribution is -2.57. The Morgan fingerprint density at radius 1 is 0.745 bits per heavy atom. The van der Waals surface area contributed by atoms with Gasteiger partial charge >= 0.3 is 6.03 Å². The Labute approximate surface area is 326 Å². The van der Waals surface area contributed by atoms with Gasteiger partial charge in [0, 0.05) is 25.1 Å². The van der Waals surface area contributed by atoms with Crippen LogP contribution in [-0.4, -0.2) is 129 Å². The number of hydrogen-bond acceptors (Lipinski definition) is 12. The van der Waals surface area contributed by atoms with Crippen LogP contribution in [-0.2, 0) is 51.1 Å². The molecule has 0 aliphatic heterocycles. The van der Waals surface area contributed by atoms with Gasteiger partial charge in [-0.25, -0.2) is 9.48 Å². The summed E-state index contributed by atoms with van der Waals surface area (Å²) >= 11 is 0. The minimum Gasteiger partial charge on any atom is -0.379 e. The second-order valence-corrected chi connectivity index (χ2v) is 14.5. The Bertz CT molecular complexity index is 1250. The summed E-state index contributed by atoms with van der Waals surface area (Å²) in [6, 6.07) is -3.34. The number of Topliss-reactive ketones (excluding diaryl/α,β-unsaturated/α-hetero) is 1. The van der Waals surface area contributed by atoms with E-state index >= 15 is 0 Å². The van der Waals surface area contributed by atoms with Crippen LogP contribution in [0.4, 0.5) is 4.79 Å². The van der Waals surface area contributed by atoms with Crippen LogP contribution < -0.4 is 32.7 Å². The summed E-state index contributed by atoms with van der Waals surface area (Å²) in [6.07, 6.45) is 5.14. The topological polar surface area (TPSA) is 253 Å². The highest BCUT2D eigenvalue weighted by atomic mass is 16.6. The molecule has 0 fully saturated rings. The number of nitrogens with one attached hydrogen (secondary N) is 4. The molecule has 3 atom stereocenters. The van der Waals surface area contributed by atoms with Crippen molar-refractivity contribution in [3.05, 3.63) is 11.9 Å². The van der Waals surface area contributed by atoms with Crippen molar-refractivity contribution in [2.45, 2.75) is 111 Å². The fraction of sp³-hybridized carbons (Fsp3) is 0.811. The maximum absolute atomic E-state index is 13.4. The zero-order chi connectivity index (χ0) is 41.0. The van der Waals surface area contributed by atoms with Crippen LogP contribution in [0.25, 0.3) is 0 Å². The summed E-state index contributed by atoms with van der Waals surface area (Å²) in [6.45, 7) is 15.6. The summed E-state index contributed by atoms with van der Waals surface area (Å²) in [7, 11) is 0. The molecular formula is C37H69N9O9. The van der Waals surface area contributed by atoms with Crippen LogP contribution in [0.2, 0.25) is 0 Å². The van der Waals surface area contributed by atoms with E-state index in [1.807, 2.05) is 6.20 Å². The molecule has 0 spiro atoms. The van der Waals surface area contributed by atoms with Gasteiger partial charge in [-0.05, 0) is 56.9 Å². The van der Waals surface area contributed by atoms with E-state index in [1.165, 1.54) is 0 Å². The normalized spacial score (nSPS) is 13.1. The number of carbonyl (C=O) groups is 5. The number of nitrogens with two attached hydrogens (primary N) is 2. The Morgan fingerprint density at radius 2 is 1.35 bits per heavy atom. The number of ketones is 1. The molecular weight excluding hydrogens is 714 g/mol. The third-order valence-corrected chi connectivity index (χ3v) is 8.30. The van der Waals surface area contributed by atoms with Crippen LogP contribution in [0.15, 0.2) is 6.20 Å². The van der Waals surface area contributed by atoms with Crippen LogP contribution in [0, 0.1) is 17.8 Å². The quantitative estimate of drug-likeness (QED) is 0.0543. The molecule has 5 amide bonds. The molecule has 1 aromatic heterocycles. The van der Waals surface area contributed by atoms with Gasteiger partial charge in [0.15, 0.2) is 5.78 Å². The number of aromatic nitrogens is 3. The Morgan fingerprint density at radius 3 is 1.91 bits per heavy atom. The molecule has 1 rings (SSSR count). The molecule has 0 radical (unpaired) electrons. The van der Waals surface area contributed by atoms with Gasteiger partial charge in [0.05, 0.1) is 71.1 Å². The van der Waals surface area contributed by atoms with Crippen LogP contribution in [0.1, 0.15) is 85.8 Å². The molecule has 1 heterocycles. The van der Waals surface area contributed by atoms with Crippen molar-refractivity contribution in [3.8, 4) is 0 Å². The minimum absolute atomic E-state index is 0.0253. The number of nitrogens with zero attached hydrogens (tertiary/aromatic N) is 3. The largest absolute Gasteiger partial charge is 0.379 e. The predicted octanol–water partition coefficient (Wildman–Crippen LogP) is 0.846. The van der Waals surface area contributed by atoms with Gasteiger partial charge in [0.2, 0.25) is 17.7 Å². The summed E-state index contributed by atoms with van der Waals surface area (Å²) in [5.41, 5.74) is 11.8. The number of primary amides is 1. The van der Waals surface area contributed by atoms with Crippen LogP contribution in [0.5, 0.6) is 0 Å². The first-order valence-electron chi connectivity index (χ1n) is 19.6. The highest BCUT2D eigenvalue weighted by Crippen LogP contribution is 2.11. The van der Waals surface area contributed by atoms with Gasteiger partial charge in [0.1, 0.15) is 12.1 Å². The molecule has 18 nitrogen and oxygen atoms in total. The van der Waals surface area contributed by atoms with Gasteiger partial charge in [-0.15, -0.1) is 5.10 Å². The van der Waals surface area contributed by atoms with E-state index in [2.05, 4.69) is 45.4 Å². The number of ether oxygens (including phenoxy) is 4. The Kier molecular flexibility index (Phi) is 26.5. The smallest absolute Gasteiger partial charge is 0.312 e. The second kappa shape index (κ2) is 29.6. The molecule has 0 saturated carbocycles. The predicted molar refractivity (Wildman–Crippen MR) is 207 cm³/mol. The standard InChI is InChI=1S/C37H69N9O9/c1-26(2)24-29-25-46(45-44-29)15-17-53-19-21-55-23-22-54-20-18-52-16-12-32(47)41-31(10-7-8-13-38)35(49)43-33(27(3)4)36(50)42-30(34(48)28(5)6)11-9-14-40-37(39)51/h25-28,30-31,33H,7-24,38H2,1-6H3,(H,41,47)(H,42,50)(H,43,49)(H3,39,40,51). The van der Waals surface area contributed by atoms with Crippen molar-refractivity contribution in [2.75, 3.05) is 65.9 Å². The number of carbonyl (C=O) groups excluding carboxylic acids is 5. The molecule has 18 heteroatoms. The highest BCUT2D eigenvalue weighted by Gasteiger charge is 2.31. The lowest BCUT2D eigenvalue weighted by Gasteiger charge is -2.28. The summed E-state index contributed by atoms with van der Waals surface area (Å²) < 4.78 is 24.0. The first-order valence-corrected chi connectivity index (χ1v) is 19.6. The van der Waals surface area contributed by atoms with Crippen molar-refractivity contribution in [2.24, 2.45) is 29.2 Å². The van der Waals surface area contributed by atoms with Crippen molar-refractivity contribution in [1.29, 1.82) is 0 Å². The minimum atomic E-state index is -0.964. The molecule has 0 aromatic carbocycles. The summed E-state index contributed by atoms with van der Waals surface area (Å²) in [4.78, 5) is 63.5. The van der Waals surface area contributed by atoms with Gasteiger partial charge in [-0.1, -0.05) is 46.8 Å². The first kappa shape index (κ1) is 49.3. The van der Waals surface area contributed by atoms with E-state index in [4.69, 9.17) is 30.4 Å². The fourth-order valence-corrected chi connectivity index (χ4v) is 5.33. The Balaban J connectivity index is 2.40. The molecule has 316 valence electrons. The highest BCUT2D eigenvalue weighted by molar-refractivity contribution is 5.95. The third kappa shape index (κ3) is 23.7. The molecule has 1 aromatic rings. The molecule has 0 aliphatic carbocycles. The molecule has 0 aliphatic rings. The second-order valence-electron chi connectivity index (χ2n) is 14.5. The summed E-state index contributed by atoms with van der Waals surface area (Å²) in [5, 5.41) is 19.1. The van der Waals surface area contributed by atoms with Gasteiger partial charge in [-0.3, -0.25) is 19.2 Å². The maximum Gasteiger partial charge on any atom is 0.312 e. The van der Waals surface area contributed by atoms with Crippen molar-refractivity contribution < 1.29 is 42.9 Å². The van der Waals surface area contributed by atoms with Crippen molar-refractivity contribution in [1.82, 2.24) is 36.3 Å². The number of rotatable bonds is 33. The molecule has 0 bridgehead atoms. The first-order chi connectivity index (χ1) is 26.2. The summed E-state index contributed by atoms with van der Waals surface area (Å²) in [5.74, 6) is -1.70. The monoisotopic (exact) mass is 784 g/mol. The molecule has 0 saturated heterocycles. The average Bonchev–Trinajstić information content (AvgIpc) is 3.56. The number of amides is 5. The third-order valence-electron chi connectivity index (χ3n) is 8.30. The number of urea groups is 1. The van der Waals surface area contributed by atoms with Crippen molar-refractivity contribution in [3.63, 3.8) is 0 Å². The SMILES string of the molecule is CC(C)Cc1cn(CCOCCOCCOCCOCCC(=O)NC(CCCCN)C(=O)NC(C(=O)NC(CCCNC(N)=O)C(=O)C(C)C)C(C)C)nn1.